The van der Waals surface area contributed by atoms with Crippen LogP contribution < -0.4 is 5.32 Å². The van der Waals surface area contributed by atoms with E-state index in [1.165, 1.54) is 18.1 Å². The smallest absolute Gasteiger partial charge is 0.325 e. The van der Waals surface area contributed by atoms with Crippen LogP contribution in [0.1, 0.15) is 15.9 Å². The van der Waals surface area contributed by atoms with Gasteiger partial charge >= 0.3 is 5.97 Å². The van der Waals surface area contributed by atoms with Gasteiger partial charge in [-0.25, -0.2) is 0 Å². The van der Waals surface area contributed by atoms with E-state index in [0.29, 0.717) is 17.8 Å². The van der Waals surface area contributed by atoms with Crippen LogP contribution in [0, 0.1) is 0 Å². The lowest BCUT2D eigenvalue weighted by atomic mass is 10.1. The molecule has 1 aromatic carbocycles. The van der Waals surface area contributed by atoms with Gasteiger partial charge in [0.25, 0.3) is 11.8 Å². The van der Waals surface area contributed by atoms with Crippen LogP contribution in [0.25, 0.3) is 0 Å². The van der Waals surface area contributed by atoms with Crippen molar-refractivity contribution in [2.24, 2.45) is 0 Å². The molecule has 0 saturated heterocycles. The normalized spacial score (nSPS) is 13.4. The van der Waals surface area contributed by atoms with E-state index >= 15 is 0 Å². The van der Waals surface area contributed by atoms with E-state index in [9.17, 15) is 14.4 Å². The summed E-state index contributed by atoms with van der Waals surface area (Å²) in [6, 6.07) is 6.84. The number of nitrogens with one attached hydrogen (secondary N) is 1. The molecule has 1 aromatic rings. The highest BCUT2D eigenvalue weighted by Crippen LogP contribution is 2.17. The Balaban J connectivity index is 2.03. The van der Waals surface area contributed by atoms with E-state index in [-0.39, 0.29) is 18.4 Å². The minimum atomic E-state index is -0.519. The molecule has 0 fully saturated rings. The number of rotatable bonds is 5. The van der Waals surface area contributed by atoms with E-state index in [2.05, 4.69) is 16.6 Å². The number of esters is 1. The number of carbonyl (C=O) groups is 3. The lowest BCUT2D eigenvalue weighted by Crippen LogP contribution is -2.30. The van der Waals surface area contributed by atoms with Crippen molar-refractivity contribution in [1.29, 1.82) is 0 Å². The molecule has 2 rings (SSSR count). The zero-order valence-electron chi connectivity index (χ0n) is 12.2. The van der Waals surface area contributed by atoms with Crippen molar-refractivity contribution < 1.29 is 19.1 Å². The number of amides is 2. The average molecular weight is 300 g/mol. The third-order valence-corrected chi connectivity index (χ3v) is 3.18. The predicted octanol–water partition coefficient (Wildman–Crippen LogP) is 1.00. The van der Waals surface area contributed by atoms with Crippen molar-refractivity contribution in [3.8, 4) is 0 Å². The third-order valence-electron chi connectivity index (χ3n) is 3.18. The van der Waals surface area contributed by atoms with Gasteiger partial charge < -0.3 is 15.0 Å². The van der Waals surface area contributed by atoms with Crippen LogP contribution >= 0.6 is 0 Å². The molecule has 1 aliphatic rings. The summed E-state index contributed by atoms with van der Waals surface area (Å²) in [6.07, 6.45) is 3.10. The first kappa shape index (κ1) is 15.5. The molecule has 114 valence electrons. The first-order chi connectivity index (χ1) is 10.5. The topological polar surface area (TPSA) is 75.7 Å². The fourth-order valence-electron chi connectivity index (χ4n) is 1.99. The quantitative estimate of drug-likeness (QED) is 0.823. The van der Waals surface area contributed by atoms with Gasteiger partial charge in [-0.15, -0.1) is 0 Å². The number of nitrogens with zero attached hydrogens (tertiary/aromatic N) is 1. The van der Waals surface area contributed by atoms with Crippen LogP contribution in [0.4, 0.5) is 0 Å². The maximum Gasteiger partial charge on any atom is 0.325 e. The molecule has 1 heterocycles. The third kappa shape index (κ3) is 3.60. The molecule has 0 atom stereocenters. The number of benzene rings is 1. The van der Waals surface area contributed by atoms with Gasteiger partial charge in [0.05, 0.1) is 13.7 Å². The SMILES string of the molecule is C=C1C=CC(=O)N1Cc1cccc(C(=O)NCC(=O)OC)c1. The lowest BCUT2D eigenvalue weighted by molar-refractivity contribution is -0.139. The molecule has 6 heteroatoms. The van der Waals surface area contributed by atoms with Gasteiger partial charge in [-0.2, -0.15) is 0 Å². The number of allylic oxidation sites excluding steroid dienone is 1. The Morgan fingerprint density at radius 2 is 2.09 bits per heavy atom. The van der Waals surface area contributed by atoms with Gasteiger partial charge in [0.1, 0.15) is 6.54 Å². The first-order valence-electron chi connectivity index (χ1n) is 6.63. The first-order valence-corrected chi connectivity index (χ1v) is 6.63. The van der Waals surface area contributed by atoms with E-state index < -0.39 is 5.97 Å². The van der Waals surface area contributed by atoms with Crippen molar-refractivity contribution in [3.63, 3.8) is 0 Å². The predicted molar refractivity (Wildman–Crippen MR) is 79.6 cm³/mol. The van der Waals surface area contributed by atoms with Gasteiger partial charge in [-0.05, 0) is 23.8 Å². The van der Waals surface area contributed by atoms with Crippen LogP contribution in [0.3, 0.4) is 0 Å². The molecule has 2 amide bonds. The molecule has 0 aliphatic carbocycles. The Kier molecular flexibility index (Phi) is 4.73. The van der Waals surface area contributed by atoms with Crippen LogP contribution in [-0.2, 0) is 20.9 Å². The minimum Gasteiger partial charge on any atom is -0.468 e. The number of hydrogen-bond acceptors (Lipinski definition) is 4. The highest BCUT2D eigenvalue weighted by atomic mass is 16.5. The standard InChI is InChI=1S/C16H16N2O4/c1-11-6-7-14(19)18(11)10-12-4-3-5-13(8-12)16(21)17-9-15(20)22-2/h3-8H,1,9-10H2,2H3,(H,17,21). The average Bonchev–Trinajstić information content (AvgIpc) is 2.84. The molecule has 0 radical (unpaired) electrons. The number of methoxy groups -OCH3 is 1. The number of hydrogen-bond donors (Lipinski definition) is 1. The molecule has 0 aromatic heterocycles. The van der Waals surface area contributed by atoms with Crippen molar-refractivity contribution in [3.05, 3.63) is 59.8 Å². The van der Waals surface area contributed by atoms with E-state index in [1.54, 1.807) is 24.3 Å². The molecular formula is C16H16N2O4. The highest BCUT2D eigenvalue weighted by molar-refractivity contribution is 5.96. The van der Waals surface area contributed by atoms with Crippen molar-refractivity contribution >= 4 is 17.8 Å². The van der Waals surface area contributed by atoms with Gasteiger partial charge in [0, 0.05) is 17.3 Å². The molecular weight excluding hydrogens is 284 g/mol. The van der Waals surface area contributed by atoms with Gasteiger partial charge in [0.2, 0.25) is 0 Å². The summed E-state index contributed by atoms with van der Waals surface area (Å²) >= 11 is 0. The summed E-state index contributed by atoms with van der Waals surface area (Å²) in [7, 11) is 1.25. The molecule has 22 heavy (non-hydrogen) atoms. The second-order valence-corrected chi connectivity index (χ2v) is 4.71. The summed E-state index contributed by atoms with van der Waals surface area (Å²) in [5.74, 6) is -1.03. The van der Waals surface area contributed by atoms with Crippen LogP contribution in [0.2, 0.25) is 0 Å². The second-order valence-electron chi connectivity index (χ2n) is 4.71. The fourth-order valence-corrected chi connectivity index (χ4v) is 1.99. The summed E-state index contributed by atoms with van der Waals surface area (Å²) in [5, 5.41) is 2.46. The zero-order valence-corrected chi connectivity index (χ0v) is 12.2. The van der Waals surface area contributed by atoms with E-state index in [1.807, 2.05) is 6.07 Å². The van der Waals surface area contributed by atoms with E-state index in [0.717, 1.165) is 5.56 Å². The largest absolute Gasteiger partial charge is 0.468 e. The minimum absolute atomic E-state index is 0.134. The fraction of sp³-hybridized carbons (Fsp3) is 0.188. The maximum absolute atomic E-state index is 12.0. The Morgan fingerprint density at radius 1 is 1.32 bits per heavy atom. The Labute approximate surface area is 128 Å². The summed E-state index contributed by atoms with van der Waals surface area (Å²) in [5.41, 5.74) is 1.82. The van der Waals surface area contributed by atoms with Crippen LogP contribution in [0.5, 0.6) is 0 Å². The molecule has 0 unspecified atom stereocenters. The van der Waals surface area contributed by atoms with Crippen LogP contribution in [-0.4, -0.2) is 36.3 Å². The van der Waals surface area contributed by atoms with Crippen molar-refractivity contribution in [1.82, 2.24) is 10.2 Å². The summed E-state index contributed by atoms with van der Waals surface area (Å²) in [6.45, 7) is 3.93. The molecule has 6 nitrogen and oxygen atoms in total. The number of carbonyl (C=O) groups excluding carboxylic acids is 3. The Morgan fingerprint density at radius 3 is 2.73 bits per heavy atom. The molecule has 0 saturated carbocycles. The van der Waals surface area contributed by atoms with E-state index in [4.69, 9.17) is 0 Å². The lowest BCUT2D eigenvalue weighted by Gasteiger charge is -2.17. The second kappa shape index (κ2) is 6.71. The molecule has 1 aliphatic heterocycles. The van der Waals surface area contributed by atoms with Gasteiger partial charge in [-0.3, -0.25) is 14.4 Å². The maximum atomic E-state index is 12.0. The summed E-state index contributed by atoms with van der Waals surface area (Å²) < 4.78 is 4.46. The summed E-state index contributed by atoms with van der Waals surface area (Å²) in [4.78, 5) is 36.2. The molecule has 1 N–H and O–H groups in total. The van der Waals surface area contributed by atoms with Crippen molar-refractivity contribution in [2.75, 3.05) is 13.7 Å². The van der Waals surface area contributed by atoms with Gasteiger partial charge in [0.15, 0.2) is 0 Å². The van der Waals surface area contributed by atoms with Crippen LogP contribution in [0.15, 0.2) is 48.7 Å². The van der Waals surface area contributed by atoms with Crippen molar-refractivity contribution in [2.45, 2.75) is 6.54 Å². The van der Waals surface area contributed by atoms with Gasteiger partial charge in [-0.1, -0.05) is 18.7 Å². The highest BCUT2D eigenvalue weighted by Gasteiger charge is 2.19. The monoisotopic (exact) mass is 300 g/mol. The zero-order chi connectivity index (χ0) is 16.1. The molecule has 0 bridgehead atoms. The Bertz CT molecular complexity index is 646. The number of ether oxygens (including phenoxy) is 1. The Hall–Kier alpha value is -2.89. The molecule has 0 spiro atoms.